The van der Waals surface area contributed by atoms with Gasteiger partial charge in [0.15, 0.2) is 0 Å². The second-order valence-electron chi connectivity index (χ2n) is 9.35. The lowest BCUT2D eigenvalue weighted by atomic mass is 9.92. The van der Waals surface area contributed by atoms with Gasteiger partial charge in [-0.05, 0) is 46.9 Å². The number of aliphatic carboxylic acids is 1. The van der Waals surface area contributed by atoms with Crippen molar-refractivity contribution in [2.75, 3.05) is 13.2 Å². The number of carboxylic acid groups (broad SMARTS) is 1. The number of alkyl carbamates (subject to hydrolysis) is 1. The van der Waals surface area contributed by atoms with Gasteiger partial charge in [0.2, 0.25) is 5.91 Å². The third kappa shape index (κ3) is 4.87. The largest absolute Gasteiger partial charge is 0.480 e. The van der Waals surface area contributed by atoms with Crippen molar-refractivity contribution in [2.24, 2.45) is 11.8 Å². The Hall–Kier alpha value is -3.35. The number of hydrogen-bond donors (Lipinski definition) is 3. The normalized spacial score (nSPS) is 16.5. The number of carboxylic acids is 1. The van der Waals surface area contributed by atoms with Gasteiger partial charge in [-0.3, -0.25) is 4.79 Å². The molecular formula is C26H30N2O5. The predicted octanol–water partition coefficient (Wildman–Crippen LogP) is 3.92. The molecule has 1 fully saturated rings. The summed E-state index contributed by atoms with van der Waals surface area (Å²) in [5.41, 5.74) is 3.54. The molecule has 0 bridgehead atoms. The van der Waals surface area contributed by atoms with Crippen LogP contribution in [0.5, 0.6) is 0 Å². The Labute approximate surface area is 193 Å². The quantitative estimate of drug-likeness (QED) is 0.537. The van der Waals surface area contributed by atoms with Gasteiger partial charge in [0.05, 0.1) is 0 Å². The average Bonchev–Trinajstić information content (AvgIpc) is 3.51. The van der Waals surface area contributed by atoms with E-state index < -0.39 is 17.6 Å². The molecule has 0 radical (unpaired) electrons. The van der Waals surface area contributed by atoms with Crippen molar-refractivity contribution in [1.82, 2.24) is 10.6 Å². The van der Waals surface area contributed by atoms with Crippen molar-refractivity contribution in [2.45, 2.75) is 44.6 Å². The first-order valence-electron chi connectivity index (χ1n) is 11.4. The Morgan fingerprint density at radius 1 is 1.03 bits per heavy atom. The van der Waals surface area contributed by atoms with E-state index in [2.05, 4.69) is 34.9 Å². The van der Waals surface area contributed by atoms with Crippen LogP contribution in [0.1, 0.15) is 50.2 Å². The van der Waals surface area contributed by atoms with Gasteiger partial charge in [0.25, 0.3) is 0 Å². The smallest absolute Gasteiger partial charge is 0.407 e. The van der Waals surface area contributed by atoms with E-state index in [4.69, 9.17) is 4.74 Å². The molecule has 2 aliphatic rings. The molecule has 2 amide bonds. The molecule has 0 aliphatic heterocycles. The van der Waals surface area contributed by atoms with Gasteiger partial charge in [-0.15, -0.1) is 0 Å². The first-order valence-corrected chi connectivity index (χ1v) is 11.4. The summed E-state index contributed by atoms with van der Waals surface area (Å²) >= 11 is 0. The van der Waals surface area contributed by atoms with Crippen molar-refractivity contribution < 1.29 is 24.2 Å². The van der Waals surface area contributed by atoms with Gasteiger partial charge in [0.1, 0.15) is 12.1 Å². The van der Waals surface area contributed by atoms with Crippen LogP contribution in [-0.2, 0) is 14.3 Å². The summed E-state index contributed by atoms with van der Waals surface area (Å²) in [4.78, 5) is 36.1. The molecule has 2 aliphatic carbocycles. The summed E-state index contributed by atoms with van der Waals surface area (Å²) in [6, 6.07) is 16.3. The summed E-state index contributed by atoms with van der Waals surface area (Å²) in [5, 5.41) is 14.7. The lowest BCUT2D eigenvalue weighted by Crippen LogP contribution is -2.44. The molecule has 33 heavy (non-hydrogen) atoms. The third-order valence-electron chi connectivity index (χ3n) is 6.78. The van der Waals surface area contributed by atoms with Gasteiger partial charge < -0.3 is 20.5 Å². The van der Waals surface area contributed by atoms with Crippen LogP contribution in [0.4, 0.5) is 4.79 Å². The molecule has 7 heteroatoms. The van der Waals surface area contributed by atoms with Crippen molar-refractivity contribution in [3.05, 3.63) is 59.7 Å². The van der Waals surface area contributed by atoms with E-state index in [0.29, 0.717) is 12.8 Å². The summed E-state index contributed by atoms with van der Waals surface area (Å²) < 4.78 is 5.57. The van der Waals surface area contributed by atoms with E-state index in [-0.39, 0.29) is 43.2 Å². The topological polar surface area (TPSA) is 105 Å². The highest BCUT2D eigenvalue weighted by Crippen LogP contribution is 2.44. The zero-order valence-electron chi connectivity index (χ0n) is 19.0. The lowest BCUT2D eigenvalue weighted by Gasteiger charge is -2.22. The molecule has 0 saturated heterocycles. The fraction of sp³-hybridized carbons (Fsp3) is 0.423. The highest BCUT2D eigenvalue weighted by Gasteiger charge is 2.51. The second-order valence-corrected chi connectivity index (χ2v) is 9.35. The van der Waals surface area contributed by atoms with Crippen LogP contribution in [0.15, 0.2) is 48.5 Å². The Kier molecular flexibility index (Phi) is 6.40. The number of nitrogens with one attached hydrogen (secondary N) is 2. The van der Waals surface area contributed by atoms with E-state index in [1.807, 2.05) is 38.1 Å². The maximum Gasteiger partial charge on any atom is 0.407 e. The van der Waals surface area contributed by atoms with Crippen LogP contribution in [0, 0.1) is 11.8 Å². The predicted molar refractivity (Wildman–Crippen MR) is 124 cm³/mol. The molecule has 1 atom stereocenters. The summed E-state index contributed by atoms with van der Waals surface area (Å²) in [7, 11) is 0. The number of fused-ring (bicyclic) bond motifs is 3. The number of benzene rings is 2. The highest BCUT2D eigenvalue weighted by molar-refractivity contribution is 5.89. The number of amides is 2. The molecule has 0 aromatic heterocycles. The summed E-state index contributed by atoms with van der Waals surface area (Å²) in [6.07, 6.45) is 0.542. The lowest BCUT2D eigenvalue weighted by molar-refractivity contribution is -0.143. The Bertz CT molecular complexity index is 1010. The molecule has 1 saturated carbocycles. The Morgan fingerprint density at radius 2 is 1.61 bits per heavy atom. The molecule has 0 heterocycles. The number of carbonyl (C=O) groups is 3. The Morgan fingerprint density at radius 3 is 2.12 bits per heavy atom. The summed E-state index contributed by atoms with van der Waals surface area (Å²) in [6.45, 7) is 4.46. The molecule has 2 aromatic rings. The van der Waals surface area contributed by atoms with Crippen molar-refractivity contribution in [1.29, 1.82) is 0 Å². The van der Waals surface area contributed by atoms with Crippen LogP contribution in [-0.4, -0.2) is 41.8 Å². The fourth-order valence-electron chi connectivity index (χ4n) is 4.48. The molecule has 0 spiro atoms. The van der Waals surface area contributed by atoms with E-state index in [1.54, 1.807) is 0 Å². The zero-order chi connectivity index (χ0) is 23.6. The zero-order valence-corrected chi connectivity index (χ0v) is 19.0. The summed E-state index contributed by atoms with van der Waals surface area (Å²) in [5.74, 6) is -1.31. The van der Waals surface area contributed by atoms with Crippen LogP contribution >= 0.6 is 0 Å². The van der Waals surface area contributed by atoms with Gasteiger partial charge in [0, 0.05) is 18.9 Å². The van der Waals surface area contributed by atoms with E-state index >= 15 is 0 Å². The highest BCUT2D eigenvalue weighted by atomic mass is 16.5. The van der Waals surface area contributed by atoms with E-state index in [0.717, 1.165) is 11.1 Å². The van der Waals surface area contributed by atoms with Crippen molar-refractivity contribution in [3.8, 4) is 11.1 Å². The van der Waals surface area contributed by atoms with Gasteiger partial charge in [-0.1, -0.05) is 62.4 Å². The van der Waals surface area contributed by atoms with Crippen LogP contribution < -0.4 is 10.6 Å². The van der Waals surface area contributed by atoms with Crippen molar-refractivity contribution >= 4 is 18.0 Å². The molecular weight excluding hydrogens is 420 g/mol. The maximum absolute atomic E-state index is 12.5. The maximum atomic E-state index is 12.5. The monoisotopic (exact) mass is 450 g/mol. The molecule has 4 rings (SSSR count). The first-order chi connectivity index (χ1) is 15.8. The Balaban J connectivity index is 1.30. The second kappa shape index (κ2) is 9.25. The molecule has 2 aromatic carbocycles. The number of carbonyl (C=O) groups excluding carboxylic acids is 2. The molecule has 3 N–H and O–H groups in total. The fourth-order valence-corrected chi connectivity index (χ4v) is 4.48. The van der Waals surface area contributed by atoms with Crippen LogP contribution in [0.25, 0.3) is 11.1 Å². The van der Waals surface area contributed by atoms with Gasteiger partial charge in [-0.25, -0.2) is 9.59 Å². The SMILES string of the molecule is CC(C)C(CNC(=O)OCC1c2ccccc2-c2ccccc21)CC(=O)NC1(C(=O)O)CC1. The van der Waals surface area contributed by atoms with E-state index in [9.17, 15) is 19.5 Å². The number of rotatable bonds is 9. The molecule has 174 valence electrons. The van der Waals surface area contributed by atoms with Crippen LogP contribution in [0.3, 0.4) is 0 Å². The minimum absolute atomic E-state index is 0.0134. The third-order valence-corrected chi connectivity index (χ3v) is 6.78. The minimum Gasteiger partial charge on any atom is -0.480 e. The van der Waals surface area contributed by atoms with Crippen LogP contribution in [0.2, 0.25) is 0 Å². The van der Waals surface area contributed by atoms with Gasteiger partial charge in [-0.2, -0.15) is 0 Å². The molecule has 1 unspecified atom stereocenters. The van der Waals surface area contributed by atoms with Gasteiger partial charge >= 0.3 is 12.1 Å². The van der Waals surface area contributed by atoms with Crippen molar-refractivity contribution in [3.63, 3.8) is 0 Å². The minimum atomic E-state index is -1.10. The first kappa shape index (κ1) is 22.8. The number of hydrogen-bond acceptors (Lipinski definition) is 4. The molecule has 7 nitrogen and oxygen atoms in total. The average molecular weight is 451 g/mol. The standard InChI is InChI=1S/C26H30N2O5/c1-16(2)17(13-23(29)28-26(11-12-26)24(30)31)14-27-25(32)33-15-22-20-9-5-3-7-18(20)19-8-4-6-10-21(19)22/h3-10,16-17,22H,11-15H2,1-2H3,(H,27,32)(H,28,29)(H,30,31). The number of ether oxygens (including phenoxy) is 1. The van der Waals surface area contributed by atoms with E-state index in [1.165, 1.54) is 11.1 Å².